The van der Waals surface area contributed by atoms with Crippen LogP contribution in [0.4, 0.5) is 0 Å². The number of hydrogen-bond acceptors (Lipinski definition) is 2. The molecular weight excluding hydrogens is 302 g/mol. The number of benzene rings is 1. The normalized spacial score (nSPS) is 15.4. The molecule has 0 heterocycles. The summed E-state index contributed by atoms with van der Waals surface area (Å²) >= 11 is 7.67. The molecule has 13 heavy (non-hydrogen) atoms. The molecule has 0 fully saturated rings. The van der Waals surface area contributed by atoms with Gasteiger partial charge >= 0.3 is 0 Å². The molecule has 0 spiro atoms. The minimum atomic E-state index is -1.03. The zero-order valence-electron chi connectivity index (χ0n) is 6.87. The average Bonchev–Trinajstić information content (AvgIpc) is 2.04. The van der Waals surface area contributed by atoms with Crippen LogP contribution in [0.1, 0.15) is 12.0 Å². The SMILES string of the molecule is OCC[C@](O)(I)c1cccc(Cl)c1. The summed E-state index contributed by atoms with van der Waals surface area (Å²) in [5.41, 5.74) is 0.717. The third kappa shape index (κ3) is 3.09. The van der Waals surface area contributed by atoms with E-state index in [9.17, 15) is 5.11 Å². The molecule has 1 rings (SSSR count). The van der Waals surface area contributed by atoms with Crippen molar-refractivity contribution in [3.05, 3.63) is 34.9 Å². The zero-order valence-corrected chi connectivity index (χ0v) is 9.79. The van der Waals surface area contributed by atoms with Gasteiger partial charge in [-0.1, -0.05) is 23.7 Å². The van der Waals surface area contributed by atoms with Gasteiger partial charge in [0.25, 0.3) is 0 Å². The summed E-state index contributed by atoms with van der Waals surface area (Å²) in [6.45, 7) is -0.0496. The monoisotopic (exact) mass is 312 g/mol. The van der Waals surface area contributed by atoms with Gasteiger partial charge in [-0.3, -0.25) is 0 Å². The molecule has 1 atom stereocenters. The fourth-order valence-electron chi connectivity index (χ4n) is 1.02. The summed E-state index contributed by atoms with van der Waals surface area (Å²) in [5, 5.41) is 19.2. The lowest BCUT2D eigenvalue weighted by Gasteiger charge is -2.20. The second-order valence-corrected chi connectivity index (χ2v) is 4.96. The highest BCUT2D eigenvalue weighted by molar-refractivity contribution is 14.1. The van der Waals surface area contributed by atoms with Gasteiger partial charge in [0, 0.05) is 18.1 Å². The van der Waals surface area contributed by atoms with Gasteiger partial charge in [0.15, 0.2) is 0 Å². The first-order valence-corrected chi connectivity index (χ1v) is 5.30. The highest BCUT2D eigenvalue weighted by Crippen LogP contribution is 2.33. The third-order valence-corrected chi connectivity index (χ3v) is 3.11. The lowest BCUT2D eigenvalue weighted by Crippen LogP contribution is -2.18. The fraction of sp³-hybridized carbons (Fsp3) is 0.333. The summed E-state index contributed by atoms with van der Waals surface area (Å²) in [6, 6.07) is 7.01. The summed E-state index contributed by atoms with van der Waals surface area (Å²) in [6.07, 6.45) is 0.300. The molecule has 0 unspecified atom stereocenters. The van der Waals surface area contributed by atoms with Crippen LogP contribution in [-0.4, -0.2) is 16.8 Å². The number of aliphatic hydroxyl groups is 2. The predicted octanol–water partition coefficient (Wildman–Crippen LogP) is 2.30. The fourth-order valence-corrected chi connectivity index (χ4v) is 1.79. The number of aliphatic hydroxyl groups excluding tert-OH is 1. The number of rotatable bonds is 3. The molecule has 1 aromatic rings. The van der Waals surface area contributed by atoms with Crippen LogP contribution < -0.4 is 0 Å². The van der Waals surface area contributed by atoms with Crippen LogP contribution in [0.15, 0.2) is 24.3 Å². The standard InChI is InChI=1S/C9H10ClIO2/c10-8-3-1-2-7(6-8)9(11,13)4-5-12/h1-3,6,12-13H,4-5H2/t9-/m1/s1. The van der Waals surface area contributed by atoms with Gasteiger partial charge in [-0.2, -0.15) is 0 Å². The van der Waals surface area contributed by atoms with E-state index in [0.717, 1.165) is 5.56 Å². The molecule has 2 nitrogen and oxygen atoms in total. The first-order valence-electron chi connectivity index (χ1n) is 3.84. The van der Waals surface area contributed by atoms with Crippen molar-refractivity contribution in [2.24, 2.45) is 0 Å². The Morgan fingerprint density at radius 2 is 2.15 bits per heavy atom. The van der Waals surface area contributed by atoms with Crippen molar-refractivity contribution in [1.29, 1.82) is 0 Å². The van der Waals surface area contributed by atoms with Crippen LogP contribution in [0, 0.1) is 0 Å². The molecule has 0 radical (unpaired) electrons. The van der Waals surface area contributed by atoms with Crippen LogP contribution >= 0.6 is 34.2 Å². The van der Waals surface area contributed by atoms with Gasteiger partial charge in [0.1, 0.15) is 3.61 Å². The van der Waals surface area contributed by atoms with E-state index in [1.54, 1.807) is 24.3 Å². The van der Waals surface area contributed by atoms with Crippen molar-refractivity contribution in [2.75, 3.05) is 6.61 Å². The molecule has 0 aliphatic carbocycles. The average molecular weight is 313 g/mol. The molecule has 2 N–H and O–H groups in total. The molecular formula is C9H10ClIO2. The van der Waals surface area contributed by atoms with E-state index in [0.29, 0.717) is 11.4 Å². The van der Waals surface area contributed by atoms with Crippen molar-refractivity contribution < 1.29 is 10.2 Å². The molecule has 72 valence electrons. The molecule has 0 amide bonds. The highest BCUT2D eigenvalue weighted by atomic mass is 127. The van der Waals surface area contributed by atoms with E-state index in [1.807, 2.05) is 22.6 Å². The van der Waals surface area contributed by atoms with Crippen LogP contribution in [0.2, 0.25) is 5.02 Å². The Hall–Kier alpha value is 0.160. The lowest BCUT2D eigenvalue weighted by atomic mass is 10.1. The molecule has 4 heteroatoms. The minimum absolute atomic E-state index is 0.0496. The van der Waals surface area contributed by atoms with Gasteiger partial charge in [-0.05, 0) is 40.3 Å². The van der Waals surface area contributed by atoms with E-state index in [4.69, 9.17) is 16.7 Å². The van der Waals surface area contributed by atoms with Crippen molar-refractivity contribution in [3.63, 3.8) is 0 Å². The first kappa shape index (κ1) is 11.2. The third-order valence-electron chi connectivity index (χ3n) is 1.71. The molecule has 0 bridgehead atoms. The Bertz CT molecular complexity index is 289. The van der Waals surface area contributed by atoms with Crippen LogP contribution in [0.5, 0.6) is 0 Å². The maximum Gasteiger partial charge on any atom is 0.143 e. The largest absolute Gasteiger partial charge is 0.396 e. The van der Waals surface area contributed by atoms with Crippen molar-refractivity contribution >= 4 is 34.2 Å². The minimum Gasteiger partial charge on any atom is -0.396 e. The van der Waals surface area contributed by atoms with E-state index >= 15 is 0 Å². The van der Waals surface area contributed by atoms with Gasteiger partial charge in [0.2, 0.25) is 0 Å². The quantitative estimate of drug-likeness (QED) is 0.664. The van der Waals surface area contributed by atoms with Gasteiger partial charge in [-0.15, -0.1) is 0 Å². The van der Waals surface area contributed by atoms with Crippen molar-refractivity contribution in [2.45, 2.75) is 10.0 Å². The Balaban J connectivity index is 2.93. The topological polar surface area (TPSA) is 40.5 Å². The van der Waals surface area contributed by atoms with E-state index < -0.39 is 3.61 Å². The van der Waals surface area contributed by atoms with Gasteiger partial charge < -0.3 is 10.2 Å². The molecule has 1 aromatic carbocycles. The zero-order chi connectivity index (χ0) is 9.90. The molecule has 0 aliphatic heterocycles. The summed E-state index contributed by atoms with van der Waals surface area (Å²) < 4.78 is -1.03. The summed E-state index contributed by atoms with van der Waals surface area (Å²) in [5.74, 6) is 0. The second kappa shape index (κ2) is 4.59. The number of halogens is 2. The van der Waals surface area contributed by atoms with Crippen molar-refractivity contribution in [3.8, 4) is 0 Å². The molecule has 0 saturated heterocycles. The predicted molar refractivity (Wildman–Crippen MR) is 61.1 cm³/mol. The van der Waals surface area contributed by atoms with Gasteiger partial charge in [-0.25, -0.2) is 0 Å². The van der Waals surface area contributed by atoms with Crippen LogP contribution in [0.25, 0.3) is 0 Å². The Morgan fingerprint density at radius 1 is 1.46 bits per heavy atom. The maximum absolute atomic E-state index is 9.88. The van der Waals surface area contributed by atoms with Crippen LogP contribution in [0.3, 0.4) is 0 Å². The van der Waals surface area contributed by atoms with E-state index in [2.05, 4.69) is 0 Å². The maximum atomic E-state index is 9.88. The van der Waals surface area contributed by atoms with Gasteiger partial charge in [0.05, 0.1) is 0 Å². The van der Waals surface area contributed by atoms with Crippen molar-refractivity contribution in [1.82, 2.24) is 0 Å². The van der Waals surface area contributed by atoms with E-state index in [-0.39, 0.29) is 6.61 Å². The summed E-state index contributed by atoms with van der Waals surface area (Å²) in [4.78, 5) is 0. The van der Waals surface area contributed by atoms with E-state index in [1.165, 1.54) is 0 Å². The molecule has 0 aliphatic rings. The second-order valence-electron chi connectivity index (χ2n) is 2.74. The number of hydrogen-bond donors (Lipinski definition) is 2. The lowest BCUT2D eigenvalue weighted by molar-refractivity contribution is 0.117. The Kier molecular flexibility index (Phi) is 3.97. The Morgan fingerprint density at radius 3 is 2.69 bits per heavy atom. The number of alkyl halides is 1. The first-order chi connectivity index (χ1) is 6.06. The smallest absolute Gasteiger partial charge is 0.143 e. The summed E-state index contributed by atoms with van der Waals surface area (Å²) in [7, 11) is 0. The van der Waals surface area contributed by atoms with Crippen LogP contribution in [-0.2, 0) is 3.61 Å². The Labute approximate surface area is 95.7 Å². The molecule has 0 aromatic heterocycles. The molecule has 0 saturated carbocycles. The highest BCUT2D eigenvalue weighted by Gasteiger charge is 2.24.